The van der Waals surface area contributed by atoms with Crippen LogP contribution in [0.1, 0.15) is 22.4 Å². The van der Waals surface area contributed by atoms with Crippen LogP contribution in [0, 0.1) is 6.92 Å². The Hall–Kier alpha value is -1.55. The molecule has 0 amide bonds. The lowest BCUT2D eigenvalue weighted by molar-refractivity contribution is 0.310. The normalized spacial score (nSPS) is 15.5. The summed E-state index contributed by atoms with van der Waals surface area (Å²) in [5.74, 6) is 0. The first-order valence-corrected chi connectivity index (χ1v) is 9.52. The second-order valence-electron chi connectivity index (χ2n) is 6.60. The molecule has 3 aromatic rings. The first-order chi connectivity index (χ1) is 11.6. The van der Waals surface area contributed by atoms with Gasteiger partial charge < -0.3 is 9.47 Å². The number of hydrogen-bond acceptors (Lipinski definition) is 2. The predicted octanol–water partition coefficient (Wildman–Crippen LogP) is 5.37. The van der Waals surface area contributed by atoms with Crippen LogP contribution in [0.5, 0.6) is 0 Å². The van der Waals surface area contributed by atoms with E-state index >= 15 is 0 Å². The van der Waals surface area contributed by atoms with E-state index in [1.165, 1.54) is 32.6 Å². The average Bonchev–Trinajstić information content (AvgIpc) is 3.06. The van der Waals surface area contributed by atoms with Gasteiger partial charge in [0.25, 0.3) is 0 Å². The molecule has 0 atom stereocenters. The Morgan fingerprint density at radius 1 is 1.25 bits per heavy atom. The quantitative estimate of drug-likeness (QED) is 0.612. The summed E-state index contributed by atoms with van der Waals surface area (Å²) in [7, 11) is 2.19. The molecule has 1 aliphatic heterocycles. The maximum atomic E-state index is 6.29. The van der Waals surface area contributed by atoms with Gasteiger partial charge in [0.05, 0.1) is 14.6 Å². The number of thiophene rings is 1. The summed E-state index contributed by atoms with van der Waals surface area (Å²) in [5.41, 5.74) is 6.80. The summed E-state index contributed by atoms with van der Waals surface area (Å²) < 4.78 is 4.70. The van der Waals surface area contributed by atoms with Crippen molar-refractivity contribution in [2.75, 3.05) is 13.6 Å². The number of likely N-dealkylation sites (N-methyl/N-ethyl adjacent to an activating group) is 1. The molecule has 3 heterocycles. The van der Waals surface area contributed by atoms with Crippen molar-refractivity contribution in [3.63, 3.8) is 0 Å². The van der Waals surface area contributed by atoms with Crippen LogP contribution in [0.15, 0.2) is 36.4 Å². The zero-order valence-corrected chi connectivity index (χ0v) is 15.6. The standard InChI is InChI=1S/C20H21ClN2S/c1-14-5-7-15(8-6-14)4-3-10-23-17-9-11-22(2)13-16(17)20-18(23)12-19(21)24-20/h3-8,12H,9-11,13H2,1-2H3/b4-3+. The zero-order valence-electron chi connectivity index (χ0n) is 14.1. The number of allylic oxidation sites excluding steroid dienone is 1. The third-order valence-electron chi connectivity index (χ3n) is 4.76. The van der Waals surface area contributed by atoms with E-state index in [0.717, 1.165) is 30.4 Å². The third-order valence-corrected chi connectivity index (χ3v) is 6.07. The SMILES string of the molecule is Cc1ccc(/C=C/Cn2c3c(c4sc(Cl)cc42)CN(C)CC3)cc1. The summed E-state index contributed by atoms with van der Waals surface area (Å²) >= 11 is 8.01. The Morgan fingerprint density at radius 2 is 2.04 bits per heavy atom. The number of hydrogen-bond donors (Lipinski definition) is 0. The van der Waals surface area contributed by atoms with Crippen molar-refractivity contribution >= 4 is 39.2 Å². The number of aryl methyl sites for hydroxylation is 1. The Bertz CT molecular complexity index is 902. The van der Waals surface area contributed by atoms with Gasteiger partial charge in [-0.05, 0) is 25.6 Å². The minimum absolute atomic E-state index is 0.882. The van der Waals surface area contributed by atoms with E-state index in [4.69, 9.17) is 11.6 Å². The van der Waals surface area contributed by atoms with Crippen molar-refractivity contribution in [1.82, 2.24) is 9.47 Å². The van der Waals surface area contributed by atoms with Crippen LogP contribution in [-0.4, -0.2) is 23.1 Å². The van der Waals surface area contributed by atoms with Crippen molar-refractivity contribution in [3.05, 3.63) is 63.1 Å². The number of fused-ring (bicyclic) bond motifs is 3. The Labute approximate surface area is 152 Å². The highest BCUT2D eigenvalue weighted by molar-refractivity contribution is 7.22. The van der Waals surface area contributed by atoms with Gasteiger partial charge in [-0.1, -0.05) is 53.6 Å². The molecule has 2 nitrogen and oxygen atoms in total. The lowest BCUT2D eigenvalue weighted by Crippen LogP contribution is -2.27. The lowest BCUT2D eigenvalue weighted by atomic mass is 10.1. The second-order valence-corrected chi connectivity index (χ2v) is 8.29. The van der Waals surface area contributed by atoms with Gasteiger partial charge in [0.2, 0.25) is 0 Å². The molecule has 124 valence electrons. The van der Waals surface area contributed by atoms with E-state index in [-0.39, 0.29) is 0 Å². The van der Waals surface area contributed by atoms with Gasteiger partial charge in [0, 0.05) is 37.3 Å². The van der Waals surface area contributed by atoms with Crippen molar-refractivity contribution < 1.29 is 0 Å². The molecule has 0 bridgehead atoms. The van der Waals surface area contributed by atoms with Crippen LogP contribution in [0.4, 0.5) is 0 Å². The number of nitrogens with zero attached hydrogens (tertiary/aromatic N) is 2. The van der Waals surface area contributed by atoms with Crippen LogP contribution in [0.3, 0.4) is 0 Å². The fraction of sp³-hybridized carbons (Fsp3) is 0.300. The maximum absolute atomic E-state index is 6.29. The molecule has 0 radical (unpaired) electrons. The Morgan fingerprint density at radius 3 is 2.83 bits per heavy atom. The molecule has 0 saturated heterocycles. The minimum Gasteiger partial charge on any atom is -0.340 e. The number of halogens is 1. The molecule has 4 heteroatoms. The number of rotatable bonds is 3. The van der Waals surface area contributed by atoms with E-state index < -0.39 is 0 Å². The molecular weight excluding hydrogens is 336 g/mol. The fourth-order valence-corrected chi connectivity index (χ4v) is 4.76. The van der Waals surface area contributed by atoms with E-state index in [9.17, 15) is 0 Å². The molecule has 0 saturated carbocycles. The smallest absolute Gasteiger partial charge is 0.0956 e. The fourth-order valence-electron chi connectivity index (χ4n) is 3.48. The molecule has 2 aromatic heterocycles. The van der Waals surface area contributed by atoms with Gasteiger partial charge in [-0.2, -0.15) is 0 Å². The highest BCUT2D eigenvalue weighted by Gasteiger charge is 2.23. The molecule has 1 aliphatic rings. The van der Waals surface area contributed by atoms with E-state index in [1.807, 2.05) is 0 Å². The predicted molar refractivity (Wildman–Crippen MR) is 105 cm³/mol. The van der Waals surface area contributed by atoms with Crippen LogP contribution < -0.4 is 0 Å². The summed E-state index contributed by atoms with van der Waals surface area (Å²) in [4.78, 5) is 2.39. The highest BCUT2D eigenvalue weighted by Crippen LogP contribution is 2.38. The largest absolute Gasteiger partial charge is 0.340 e. The molecular formula is C20H21ClN2S. The first kappa shape index (κ1) is 15.9. The van der Waals surface area contributed by atoms with Crippen molar-refractivity contribution in [2.24, 2.45) is 0 Å². The van der Waals surface area contributed by atoms with E-state index in [1.54, 1.807) is 11.3 Å². The van der Waals surface area contributed by atoms with Crippen LogP contribution in [0.2, 0.25) is 4.34 Å². The van der Waals surface area contributed by atoms with Gasteiger partial charge in [-0.25, -0.2) is 0 Å². The molecule has 0 aliphatic carbocycles. The van der Waals surface area contributed by atoms with Gasteiger partial charge in [0.1, 0.15) is 0 Å². The van der Waals surface area contributed by atoms with Crippen LogP contribution in [0.25, 0.3) is 16.3 Å². The van der Waals surface area contributed by atoms with Crippen LogP contribution in [-0.2, 0) is 19.5 Å². The van der Waals surface area contributed by atoms with Gasteiger partial charge in [-0.3, -0.25) is 0 Å². The first-order valence-electron chi connectivity index (χ1n) is 8.33. The van der Waals surface area contributed by atoms with Crippen molar-refractivity contribution in [3.8, 4) is 0 Å². The number of aromatic nitrogens is 1. The third kappa shape index (κ3) is 2.92. The molecule has 0 N–H and O–H groups in total. The molecule has 0 unspecified atom stereocenters. The summed E-state index contributed by atoms with van der Waals surface area (Å²) in [6.45, 7) is 5.17. The van der Waals surface area contributed by atoms with Gasteiger partial charge in [-0.15, -0.1) is 11.3 Å². The zero-order chi connectivity index (χ0) is 16.7. The monoisotopic (exact) mass is 356 g/mol. The molecule has 4 rings (SSSR count). The summed E-state index contributed by atoms with van der Waals surface area (Å²) in [6, 6.07) is 10.8. The highest BCUT2D eigenvalue weighted by atomic mass is 35.5. The average molecular weight is 357 g/mol. The number of benzene rings is 1. The van der Waals surface area contributed by atoms with Crippen molar-refractivity contribution in [2.45, 2.75) is 26.4 Å². The maximum Gasteiger partial charge on any atom is 0.0956 e. The molecule has 1 aromatic carbocycles. The topological polar surface area (TPSA) is 8.17 Å². The Kier molecular flexibility index (Phi) is 4.25. The van der Waals surface area contributed by atoms with Gasteiger partial charge >= 0.3 is 0 Å². The van der Waals surface area contributed by atoms with Crippen molar-refractivity contribution in [1.29, 1.82) is 0 Å². The van der Waals surface area contributed by atoms with E-state index in [2.05, 4.69) is 65.9 Å². The molecule has 0 spiro atoms. The van der Waals surface area contributed by atoms with Crippen LogP contribution >= 0.6 is 22.9 Å². The lowest BCUT2D eigenvalue weighted by Gasteiger charge is -2.24. The van der Waals surface area contributed by atoms with Gasteiger partial charge in [0.15, 0.2) is 0 Å². The van der Waals surface area contributed by atoms with E-state index in [0.29, 0.717) is 0 Å². The summed E-state index contributed by atoms with van der Waals surface area (Å²) in [5, 5.41) is 0. The molecule has 24 heavy (non-hydrogen) atoms. The Balaban J connectivity index is 1.67. The second kappa shape index (κ2) is 6.40. The molecule has 0 fully saturated rings. The summed E-state index contributed by atoms with van der Waals surface area (Å²) in [6.07, 6.45) is 5.58. The minimum atomic E-state index is 0.882.